The van der Waals surface area contributed by atoms with Crippen LogP contribution in [0, 0.1) is 18.3 Å². The fourth-order valence-corrected chi connectivity index (χ4v) is 7.47. The van der Waals surface area contributed by atoms with Crippen molar-refractivity contribution in [2.45, 2.75) is 57.9 Å². The summed E-state index contributed by atoms with van der Waals surface area (Å²) >= 11 is 2.51. The van der Waals surface area contributed by atoms with Gasteiger partial charge < -0.3 is 14.6 Å². The van der Waals surface area contributed by atoms with Gasteiger partial charge in [-0.2, -0.15) is 18.4 Å². The van der Waals surface area contributed by atoms with E-state index in [9.17, 15) is 18.4 Å². The Labute approximate surface area is 274 Å². The zero-order valence-corrected chi connectivity index (χ0v) is 27.0. The lowest BCUT2D eigenvalue weighted by Crippen LogP contribution is -2.39. The Kier molecular flexibility index (Phi) is 9.54. The van der Waals surface area contributed by atoms with Crippen molar-refractivity contribution < 1.29 is 13.2 Å². The summed E-state index contributed by atoms with van der Waals surface area (Å²) < 4.78 is 44.1. The highest BCUT2D eigenvalue weighted by Crippen LogP contribution is 2.33. The highest BCUT2D eigenvalue weighted by Gasteiger charge is 2.29. The van der Waals surface area contributed by atoms with Gasteiger partial charge in [-0.15, -0.1) is 11.3 Å². The number of anilines is 2. The SMILES string of the molecule is C=CSNc1ccc(CCn2c(C#N)cc3c(C)c(CN4CCC(Nc5ncnc6sc(CC(F)(F)F)cc56)CC4)ccc32)cc1. The van der Waals surface area contributed by atoms with E-state index in [2.05, 4.69) is 85.4 Å². The molecule has 6 rings (SSSR count). The maximum atomic E-state index is 12.9. The van der Waals surface area contributed by atoms with E-state index in [1.807, 2.05) is 6.07 Å². The maximum Gasteiger partial charge on any atom is 0.393 e. The Balaban J connectivity index is 1.08. The summed E-state index contributed by atoms with van der Waals surface area (Å²) in [5.74, 6) is 0.601. The molecule has 4 heterocycles. The fourth-order valence-electron chi connectivity index (χ4n) is 6.09. The molecule has 1 fully saturated rings. The van der Waals surface area contributed by atoms with Crippen LogP contribution in [0.3, 0.4) is 0 Å². The summed E-state index contributed by atoms with van der Waals surface area (Å²) in [4.78, 5) is 11.8. The maximum absolute atomic E-state index is 12.9. The largest absolute Gasteiger partial charge is 0.393 e. The summed E-state index contributed by atoms with van der Waals surface area (Å²) in [6.45, 7) is 9.14. The second-order valence-electron chi connectivity index (χ2n) is 11.5. The van der Waals surface area contributed by atoms with Gasteiger partial charge in [-0.1, -0.05) is 24.8 Å². The number of aryl methyl sites for hydroxylation is 3. The van der Waals surface area contributed by atoms with Crippen LogP contribution in [-0.2, 0) is 25.9 Å². The monoisotopic (exact) mass is 661 g/mol. The van der Waals surface area contributed by atoms with E-state index in [1.54, 1.807) is 11.5 Å². The van der Waals surface area contributed by atoms with Crippen LogP contribution in [-0.4, -0.2) is 44.7 Å². The van der Waals surface area contributed by atoms with Gasteiger partial charge in [0.05, 0.1) is 11.8 Å². The first-order valence-corrected chi connectivity index (χ1v) is 16.8. The molecule has 0 bridgehead atoms. The number of halogens is 3. The molecule has 12 heteroatoms. The molecule has 238 valence electrons. The molecule has 2 aromatic carbocycles. The number of rotatable bonds is 11. The molecule has 0 saturated carbocycles. The minimum absolute atomic E-state index is 0.176. The van der Waals surface area contributed by atoms with Crippen molar-refractivity contribution in [2.24, 2.45) is 0 Å². The van der Waals surface area contributed by atoms with Gasteiger partial charge in [0, 0.05) is 53.7 Å². The molecule has 1 saturated heterocycles. The third-order valence-electron chi connectivity index (χ3n) is 8.50. The van der Waals surface area contributed by atoms with Crippen molar-refractivity contribution in [3.05, 3.63) is 94.1 Å². The number of nitrogens with one attached hydrogen (secondary N) is 2. The van der Waals surface area contributed by atoms with E-state index in [-0.39, 0.29) is 10.9 Å². The molecule has 0 amide bonds. The number of thiophene rings is 1. The number of alkyl halides is 3. The second-order valence-corrected chi connectivity index (χ2v) is 13.4. The number of nitrogens with zero attached hydrogens (tertiary/aromatic N) is 5. The Morgan fingerprint density at radius 1 is 1.11 bits per heavy atom. The van der Waals surface area contributed by atoms with Crippen molar-refractivity contribution in [3.8, 4) is 6.07 Å². The van der Waals surface area contributed by atoms with Crippen LogP contribution in [0.4, 0.5) is 24.7 Å². The van der Waals surface area contributed by atoms with Crippen LogP contribution in [0.1, 0.15) is 40.1 Å². The molecule has 3 aromatic heterocycles. The molecular formula is C34H34F3N7S2. The number of nitriles is 1. The minimum Gasteiger partial charge on any atom is -0.367 e. The van der Waals surface area contributed by atoms with E-state index in [0.29, 0.717) is 28.3 Å². The van der Waals surface area contributed by atoms with Crippen molar-refractivity contribution in [2.75, 3.05) is 23.1 Å². The van der Waals surface area contributed by atoms with Crippen molar-refractivity contribution in [1.29, 1.82) is 5.26 Å². The van der Waals surface area contributed by atoms with Crippen LogP contribution in [0.5, 0.6) is 0 Å². The topological polar surface area (TPSA) is 81.8 Å². The Morgan fingerprint density at radius 2 is 1.89 bits per heavy atom. The van der Waals surface area contributed by atoms with Gasteiger partial charge in [0.15, 0.2) is 0 Å². The lowest BCUT2D eigenvalue weighted by Gasteiger charge is -2.33. The smallest absolute Gasteiger partial charge is 0.367 e. The van der Waals surface area contributed by atoms with Gasteiger partial charge in [0.2, 0.25) is 0 Å². The highest BCUT2D eigenvalue weighted by atomic mass is 32.2. The van der Waals surface area contributed by atoms with Crippen LogP contribution < -0.4 is 10.0 Å². The summed E-state index contributed by atoms with van der Waals surface area (Å²) in [7, 11) is 0. The quantitative estimate of drug-likeness (QED) is 0.138. The molecule has 46 heavy (non-hydrogen) atoms. The van der Waals surface area contributed by atoms with Crippen LogP contribution in [0.15, 0.2) is 66.8 Å². The standard InChI is InChI=1S/C34H34F3N7S2/c1-3-45-42-26-7-4-23(5-8-26)10-15-44-27(19-38)16-29-22(2)24(6-9-31(29)44)20-43-13-11-25(12-14-43)41-32-30-17-28(18-34(35,36)37)46-33(30)40-21-39-32/h3-9,16-17,21,25,42H,1,10-15,18,20H2,2H3,(H,39,40,41). The van der Waals surface area contributed by atoms with Gasteiger partial charge in [0.25, 0.3) is 0 Å². The third kappa shape index (κ3) is 7.33. The normalized spacial score (nSPS) is 14.5. The van der Waals surface area contributed by atoms with Gasteiger partial charge in [0.1, 0.15) is 28.7 Å². The lowest BCUT2D eigenvalue weighted by atomic mass is 10.0. The minimum atomic E-state index is -4.25. The van der Waals surface area contributed by atoms with Gasteiger partial charge in [-0.3, -0.25) is 4.90 Å². The summed E-state index contributed by atoms with van der Waals surface area (Å²) in [5.41, 5.74) is 6.40. The molecule has 0 aliphatic carbocycles. The van der Waals surface area contributed by atoms with Gasteiger partial charge >= 0.3 is 6.18 Å². The summed E-state index contributed by atoms with van der Waals surface area (Å²) in [5, 5.41) is 16.9. The highest BCUT2D eigenvalue weighted by molar-refractivity contribution is 8.03. The van der Waals surface area contributed by atoms with Crippen LogP contribution in [0.2, 0.25) is 0 Å². The van der Waals surface area contributed by atoms with Crippen LogP contribution >= 0.6 is 23.3 Å². The van der Waals surface area contributed by atoms with E-state index >= 15 is 0 Å². The number of piperidine rings is 1. The van der Waals surface area contributed by atoms with E-state index in [0.717, 1.165) is 66.8 Å². The number of likely N-dealkylation sites (tertiary alicyclic amines) is 1. The first-order chi connectivity index (χ1) is 22.2. The molecule has 0 unspecified atom stereocenters. The molecule has 7 nitrogen and oxygen atoms in total. The van der Waals surface area contributed by atoms with E-state index in [1.165, 1.54) is 35.0 Å². The van der Waals surface area contributed by atoms with Crippen molar-refractivity contribution >= 4 is 55.9 Å². The Hall–Kier alpha value is -4.05. The molecule has 1 aliphatic rings. The number of aromatic nitrogens is 3. The average molecular weight is 662 g/mol. The fraction of sp³-hybridized carbons (Fsp3) is 0.324. The zero-order valence-electron chi connectivity index (χ0n) is 25.4. The van der Waals surface area contributed by atoms with E-state index in [4.69, 9.17) is 0 Å². The molecular weight excluding hydrogens is 628 g/mol. The zero-order chi connectivity index (χ0) is 32.3. The Morgan fingerprint density at radius 3 is 2.61 bits per heavy atom. The summed E-state index contributed by atoms with van der Waals surface area (Å²) in [6, 6.07) is 18.8. The first-order valence-electron chi connectivity index (χ1n) is 15.1. The average Bonchev–Trinajstić information content (AvgIpc) is 3.62. The number of hydrogen-bond donors (Lipinski definition) is 2. The molecule has 5 aromatic rings. The molecule has 2 N–H and O–H groups in total. The molecule has 0 spiro atoms. The number of hydrogen-bond acceptors (Lipinski definition) is 8. The van der Waals surface area contributed by atoms with E-state index < -0.39 is 12.6 Å². The molecule has 0 radical (unpaired) electrons. The summed E-state index contributed by atoms with van der Waals surface area (Å²) in [6.07, 6.45) is -1.19. The van der Waals surface area contributed by atoms with Gasteiger partial charge in [-0.25, -0.2) is 9.97 Å². The van der Waals surface area contributed by atoms with Crippen molar-refractivity contribution in [1.82, 2.24) is 19.4 Å². The first kappa shape index (κ1) is 31.9. The second kappa shape index (κ2) is 13.7. The predicted molar refractivity (Wildman–Crippen MR) is 182 cm³/mol. The third-order valence-corrected chi connectivity index (χ3v) is 10.1. The Bertz CT molecular complexity index is 1880. The van der Waals surface area contributed by atoms with Gasteiger partial charge in [-0.05, 0) is 90.6 Å². The number of fused-ring (bicyclic) bond motifs is 2. The lowest BCUT2D eigenvalue weighted by molar-refractivity contribution is -0.126. The van der Waals surface area contributed by atoms with Crippen LogP contribution in [0.25, 0.3) is 21.1 Å². The molecule has 0 atom stereocenters. The van der Waals surface area contributed by atoms with Crippen molar-refractivity contribution in [3.63, 3.8) is 0 Å². The predicted octanol–water partition coefficient (Wildman–Crippen LogP) is 8.45. The number of benzene rings is 2. The molecule has 1 aliphatic heterocycles.